The van der Waals surface area contributed by atoms with Gasteiger partial charge in [0.25, 0.3) is 0 Å². The van der Waals surface area contributed by atoms with Crippen molar-refractivity contribution in [3.05, 3.63) is 84.1 Å². The van der Waals surface area contributed by atoms with Gasteiger partial charge in [0.2, 0.25) is 59.1 Å². The number of nitrogens with zero attached hydrogens (tertiary/aromatic N) is 3. The molecule has 10 amide bonds. The van der Waals surface area contributed by atoms with E-state index < -0.39 is 108 Å². The number of aliphatic imine (C=N–C) groups is 1. The van der Waals surface area contributed by atoms with Gasteiger partial charge in [0.1, 0.15) is 60.1 Å². The van der Waals surface area contributed by atoms with Crippen molar-refractivity contribution in [2.45, 2.75) is 160 Å². The second kappa shape index (κ2) is 32.4. The summed E-state index contributed by atoms with van der Waals surface area (Å²) in [6, 6.07) is 3.41. The number of fused-ring (bicyclic) bond motifs is 1. The summed E-state index contributed by atoms with van der Waals surface area (Å²) >= 11 is 0. The zero-order valence-corrected chi connectivity index (χ0v) is 49.8. The van der Waals surface area contributed by atoms with Crippen molar-refractivity contribution in [2.24, 2.45) is 28.3 Å². The molecular weight excluding hydrogens is 1120 g/mol. The van der Waals surface area contributed by atoms with Crippen LogP contribution in [-0.2, 0) is 67.2 Å². The van der Waals surface area contributed by atoms with E-state index in [1.165, 1.54) is 41.7 Å². The molecule has 472 valence electrons. The number of nitrogens with two attached hydrogens (primary N) is 2. The highest BCUT2D eigenvalue weighted by Gasteiger charge is 2.40. The standard InChI is InChI=1S/C59H84N16O12/c1-6-63-57(86)48-14-10-22-75(48)58(87)41(13-9-21-64-59(60)61)68-51(80)42(23-32(2)3)69-52(81)43(24-33(4)5)70-53(82)44(25-34-15-17-38(77)18-16-34)71-56(85)47(30-76)74-55(84)45(27-36-26-35-11-7-8-12-39(35)66-36)73-54(83)46(28-37-29-62-31-65-37)72-50(79)40-19-20-49(78)67-40/h7-8,11-12,15-18,26,29,31-33,40-48,66,76-77H,6,9-10,13-14,19-25,27-28,30H2,1-5H3,(H,62,65)(H,63,86)(H,67,78)(H,68,80)(H,69,81)(H,70,82)(H,71,85)(H,72,79)(H,73,83)(H,74,84)(H4,60,61,64)/t40-,41-,42-,43+,44-,45-,46-,47-,48-/m0/s1. The van der Waals surface area contributed by atoms with Gasteiger partial charge in [0.15, 0.2) is 5.96 Å². The molecule has 0 spiro atoms. The Morgan fingerprint density at radius 1 is 0.701 bits per heavy atom. The lowest BCUT2D eigenvalue weighted by atomic mass is 9.98. The smallest absolute Gasteiger partial charge is 0.245 e. The number of carbonyl (C=O) groups excluding carboxylic acids is 10. The minimum Gasteiger partial charge on any atom is -0.508 e. The number of carbonyl (C=O) groups is 10. The molecule has 9 atom stereocenters. The molecule has 0 aliphatic carbocycles. The molecule has 0 radical (unpaired) electrons. The Balaban J connectivity index is 1.22. The highest BCUT2D eigenvalue weighted by Crippen LogP contribution is 2.22. The zero-order chi connectivity index (χ0) is 63.3. The average Bonchev–Trinajstić information content (AvgIpc) is 3.94. The number of hydrogen-bond acceptors (Lipinski definition) is 14. The number of nitrogens with one attached hydrogen (secondary N) is 11. The van der Waals surface area contributed by atoms with Gasteiger partial charge in [0, 0.05) is 68.4 Å². The van der Waals surface area contributed by atoms with E-state index in [1.54, 1.807) is 32.9 Å². The molecule has 17 N–H and O–H groups in total. The van der Waals surface area contributed by atoms with Crippen LogP contribution in [0.15, 0.2) is 72.1 Å². The lowest BCUT2D eigenvalue weighted by Crippen LogP contribution is -2.61. The lowest BCUT2D eigenvalue weighted by molar-refractivity contribution is -0.142. The molecule has 28 nitrogen and oxygen atoms in total. The maximum Gasteiger partial charge on any atom is 0.245 e. The number of imidazole rings is 1. The minimum absolute atomic E-state index is 0.0396. The summed E-state index contributed by atoms with van der Waals surface area (Å²) in [5.41, 5.74) is 13.2. The van der Waals surface area contributed by atoms with Crippen LogP contribution in [0.4, 0.5) is 0 Å². The van der Waals surface area contributed by atoms with E-state index in [0.717, 1.165) is 10.9 Å². The van der Waals surface area contributed by atoms with Gasteiger partial charge >= 0.3 is 0 Å². The second-order valence-corrected chi connectivity index (χ2v) is 22.8. The first-order valence-electron chi connectivity index (χ1n) is 29.5. The molecule has 4 heterocycles. The summed E-state index contributed by atoms with van der Waals surface area (Å²) in [7, 11) is 0. The maximum atomic E-state index is 14.7. The normalized spacial score (nSPS) is 17.1. The number of likely N-dealkylation sites (N-methyl/N-ethyl adjacent to an activating group) is 1. The Hall–Kier alpha value is -9.08. The highest BCUT2D eigenvalue weighted by molar-refractivity contribution is 5.99. The van der Waals surface area contributed by atoms with E-state index in [0.29, 0.717) is 36.3 Å². The first kappa shape index (κ1) is 67.1. The van der Waals surface area contributed by atoms with E-state index >= 15 is 0 Å². The number of aromatic hydroxyl groups is 1. The van der Waals surface area contributed by atoms with Gasteiger partial charge in [-0.05, 0) is 98.9 Å². The van der Waals surface area contributed by atoms with Gasteiger partial charge in [-0.25, -0.2) is 4.98 Å². The number of phenolic OH excluding ortho intramolecular Hbond substituents is 1. The van der Waals surface area contributed by atoms with Crippen LogP contribution >= 0.6 is 0 Å². The molecule has 2 aliphatic heterocycles. The van der Waals surface area contributed by atoms with E-state index in [9.17, 15) is 58.2 Å². The predicted molar refractivity (Wildman–Crippen MR) is 320 cm³/mol. The first-order valence-corrected chi connectivity index (χ1v) is 29.5. The number of aromatic amines is 2. The number of para-hydroxylation sites is 1. The van der Waals surface area contributed by atoms with Crippen LogP contribution in [0.3, 0.4) is 0 Å². The van der Waals surface area contributed by atoms with Crippen LogP contribution in [0.2, 0.25) is 0 Å². The molecule has 0 saturated carbocycles. The largest absolute Gasteiger partial charge is 0.508 e. The van der Waals surface area contributed by atoms with Crippen molar-refractivity contribution in [1.82, 2.24) is 67.7 Å². The van der Waals surface area contributed by atoms with Gasteiger partial charge in [-0.2, -0.15) is 0 Å². The summed E-state index contributed by atoms with van der Waals surface area (Å²) in [5.74, 6) is -7.57. The number of aromatic nitrogens is 3. The van der Waals surface area contributed by atoms with Gasteiger partial charge < -0.3 is 84.4 Å². The SMILES string of the molecule is CCNC(=O)[C@@H]1CCCN1C(=O)[C@H](CCCN=C(N)N)NC(=O)[C@H](CC(C)C)NC(=O)[C@@H](CC(C)C)NC(=O)[C@H](Cc1ccc(O)cc1)NC(=O)[C@H](CO)NC(=O)[C@H](Cc1cc2ccccc2[nH]1)NC(=O)[C@H](Cc1cnc[nH]1)NC(=O)[C@@H]1CCC(=O)N1. The number of likely N-dealkylation sites (tertiary alicyclic amines) is 1. The lowest BCUT2D eigenvalue weighted by Gasteiger charge is -2.31. The Morgan fingerprint density at radius 3 is 1.83 bits per heavy atom. The fourth-order valence-corrected chi connectivity index (χ4v) is 10.4. The number of hydrogen-bond donors (Lipinski definition) is 15. The summed E-state index contributed by atoms with van der Waals surface area (Å²) in [5, 5.41) is 45.9. The van der Waals surface area contributed by atoms with E-state index in [-0.39, 0.29) is 106 Å². The average molecular weight is 1210 g/mol. The third kappa shape index (κ3) is 20.3. The minimum atomic E-state index is -1.75. The van der Waals surface area contributed by atoms with E-state index in [2.05, 4.69) is 67.8 Å². The van der Waals surface area contributed by atoms with Crippen LogP contribution in [0.25, 0.3) is 10.9 Å². The van der Waals surface area contributed by atoms with Gasteiger partial charge in [0.05, 0.1) is 12.9 Å². The fraction of sp³-hybridized carbons (Fsp3) is 0.525. The van der Waals surface area contributed by atoms with Crippen molar-refractivity contribution >= 4 is 75.9 Å². The summed E-state index contributed by atoms with van der Waals surface area (Å²) in [6.45, 7) is 8.82. The number of amides is 10. The zero-order valence-electron chi connectivity index (χ0n) is 49.8. The highest BCUT2D eigenvalue weighted by atomic mass is 16.3. The summed E-state index contributed by atoms with van der Waals surface area (Å²) in [4.78, 5) is 155. The molecule has 4 aromatic rings. The number of aliphatic hydroxyl groups is 1. The van der Waals surface area contributed by atoms with Crippen LogP contribution in [-0.4, -0.2) is 176 Å². The molecular formula is C59H84N16O12. The Labute approximate surface area is 504 Å². The molecule has 6 rings (SSSR count). The van der Waals surface area contributed by atoms with Crippen molar-refractivity contribution in [3.8, 4) is 5.75 Å². The molecule has 0 bridgehead atoms. The molecule has 2 aliphatic rings. The maximum absolute atomic E-state index is 14.7. The number of guanidine groups is 1. The predicted octanol–water partition coefficient (Wildman–Crippen LogP) is -1.44. The summed E-state index contributed by atoms with van der Waals surface area (Å²) in [6.07, 6.45) is 4.13. The topological polar surface area (TPSA) is 432 Å². The molecule has 87 heavy (non-hydrogen) atoms. The molecule has 2 aromatic carbocycles. The molecule has 2 fully saturated rings. The van der Waals surface area contributed by atoms with Crippen LogP contribution < -0.4 is 59.3 Å². The Bertz CT molecular complexity index is 3020. The Kier molecular flexibility index (Phi) is 25.0. The van der Waals surface area contributed by atoms with Crippen molar-refractivity contribution < 1.29 is 58.2 Å². The quantitative estimate of drug-likeness (QED) is 0.0151. The monoisotopic (exact) mass is 1210 g/mol. The summed E-state index contributed by atoms with van der Waals surface area (Å²) < 4.78 is 0. The fourth-order valence-electron chi connectivity index (χ4n) is 10.4. The van der Waals surface area contributed by atoms with Crippen molar-refractivity contribution in [3.63, 3.8) is 0 Å². The third-order valence-electron chi connectivity index (χ3n) is 14.8. The molecule has 2 aromatic heterocycles. The molecule has 0 unspecified atom stereocenters. The van der Waals surface area contributed by atoms with Gasteiger partial charge in [-0.3, -0.25) is 52.9 Å². The van der Waals surface area contributed by atoms with E-state index in [4.69, 9.17) is 11.5 Å². The van der Waals surface area contributed by atoms with Gasteiger partial charge in [-0.1, -0.05) is 58.0 Å². The number of H-pyrrole nitrogens is 2. The van der Waals surface area contributed by atoms with Crippen LogP contribution in [0.1, 0.15) is 103 Å². The number of rotatable bonds is 32. The Morgan fingerprint density at radius 2 is 1.26 bits per heavy atom. The van der Waals surface area contributed by atoms with Crippen LogP contribution in [0, 0.1) is 11.8 Å². The number of benzene rings is 2. The van der Waals surface area contributed by atoms with Crippen molar-refractivity contribution in [1.29, 1.82) is 0 Å². The second-order valence-electron chi connectivity index (χ2n) is 22.8. The molecule has 2 saturated heterocycles. The number of phenols is 1. The van der Waals surface area contributed by atoms with Gasteiger partial charge in [-0.15, -0.1) is 0 Å². The first-order chi connectivity index (χ1) is 41.5. The number of aliphatic hydroxyl groups excluding tert-OH is 1. The third-order valence-corrected chi connectivity index (χ3v) is 14.8. The van der Waals surface area contributed by atoms with E-state index in [1.807, 2.05) is 32.0 Å². The van der Waals surface area contributed by atoms with Crippen molar-refractivity contribution in [2.75, 3.05) is 26.2 Å². The molecule has 28 heteroatoms. The van der Waals surface area contributed by atoms with Crippen LogP contribution in [0.5, 0.6) is 5.75 Å².